The fraction of sp³-hybridized carbons (Fsp3) is 0.100. The summed E-state index contributed by atoms with van der Waals surface area (Å²) < 4.78 is 0. The highest BCUT2D eigenvalue weighted by molar-refractivity contribution is 6.32. The molecule has 0 spiro atoms. The van der Waals surface area contributed by atoms with Crippen molar-refractivity contribution in [2.24, 2.45) is 0 Å². The fourth-order valence-electron chi connectivity index (χ4n) is 2.04. The molecule has 0 aromatic heterocycles. The van der Waals surface area contributed by atoms with Crippen LogP contribution in [0.5, 0.6) is 0 Å². The molecule has 0 aliphatic rings. The zero-order chi connectivity index (χ0) is 18.8. The van der Waals surface area contributed by atoms with Gasteiger partial charge < -0.3 is 10.6 Å². The van der Waals surface area contributed by atoms with Crippen molar-refractivity contribution in [2.45, 2.75) is 0 Å². The molecule has 0 heterocycles. The van der Waals surface area contributed by atoms with E-state index < -0.39 is 0 Å². The van der Waals surface area contributed by atoms with Gasteiger partial charge in [-0.25, -0.2) is 0 Å². The smallest absolute Gasteiger partial charge is 0.244 e. The Hall–Kier alpha value is -2.56. The second-order valence-corrected chi connectivity index (χ2v) is 6.11. The summed E-state index contributed by atoms with van der Waals surface area (Å²) in [5.74, 6) is -0.517. The number of benzene rings is 2. The molecule has 0 aliphatic heterocycles. The maximum atomic E-state index is 11.7. The van der Waals surface area contributed by atoms with E-state index in [4.69, 9.17) is 23.2 Å². The predicted molar refractivity (Wildman–Crippen MR) is 107 cm³/mol. The quantitative estimate of drug-likeness (QED) is 0.557. The highest BCUT2D eigenvalue weighted by Gasteiger charge is 1.99. The molecule has 0 fully saturated rings. The molecule has 2 N–H and O–H groups in total. The molecule has 0 saturated heterocycles. The van der Waals surface area contributed by atoms with Crippen molar-refractivity contribution in [1.29, 1.82) is 0 Å². The Morgan fingerprint density at radius 2 is 1.12 bits per heavy atom. The lowest BCUT2D eigenvalue weighted by atomic mass is 10.2. The molecule has 0 bridgehead atoms. The van der Waals surface area contributed by atoms with Crippen molar-refractivity contribution in [3.05, 3.63) is 81.9 Å². The van der Waals surface area contributed by atoms with Crippen molar-refractivity contribution in [3.8, 4) is 0 Å². The van der Waals surface area contributed by atoms with Crippen LogP contribution in [0, 0.1) is 0 Å². The van der Waals surface area contributed by atoms with Crippen LogP contribution in [0.2, 0.25) is 10.0 Å². The van der Waals surface area contributed by atoms with Gasteiger partial charge in [-0.2, -0.15) is 0 Å². The van der Waals surface area contributed by atoms with E-state index in [0.29, 0.717) is 23.1 Å². The minimum atomic E-state index is -0.259. The summed E-state index contributed by atoms with van der Waals surface area (Å²) in [5, 5.41) is 6.52. The standard InChI is InChI=1S/C20H18Cl2N2O2/c21-17-7-3-1-5-15(17)9-11-19(25)23-13-14-24-20(26)12-10-16-6-2-4-8-18(16)22/h1-12H,13-14H2,(H,23,25)(H,24,26)/b11-9+,12-10+. The van der Waals surface area contributed by atoms with Crippen LogP contribution in [-0.4, -0.2) is 24.9 Å². The van der Waals surface area contributed by atoms with Crippen LogP contribution in [0.4, 0.5) is 0 Å². The van der Waals surface area contributed by atoms with Crippen LogP contribution in [0.3, 0.4) is 0 Å². The molecule has 2 aromatic rings. The summed E-state index contributed by atoms with van der Waals surface area (Å²) >= 11 is 12.0. The van der Waals surface area contributed by atoms with Gasteiger partial charge in [0.1, 0.15) is 0 Å². The normalized spacial score (nSPS) is 11.0. The average molecular weight is 389 g/mol. The minimum absolute atomic E-state index is 0.259. The van der Waals surface area contributed by atoms with Gasteiger partial charge in [0.15, 0.2) is 0 Å². The van der Waals surface area contributed by atoms with Crippen molar-refractivity contribution in [3.63, 3.8) is 0 Å². The minimum Gasteiger partial charge on any atom is -0.351 e. The Balaban J connectivity index is 1.69. The first kappa shape index (κ1) is 19.8. The summed E-state index contributed by atoms with van der Waals surface area (Å²) in [6.45, 7) is 0.634. The maximum absolute atomic E-state index is 11.7. The van der Waals surface area contributed by atoms with Crippen LogP contribution in [0.15, 0.2) is 60.7 Å². The number of rotatable bonds is 7. The molecule has 0 atom stereocenters. The van der Waals surface area contributed by atoms with Crippen LogP contribution < -0.4 is 10.6 Å². The third-order valence-corrected chi connectivity index (χ3v) is 4.05. The molecule has 4 nitrogen and oxygen atoms in total. The first-order valence-corrected chi connectivity index (χ1v) is 8.73. The molecule has 2 rings (SSSR count). The fourth-order valence-corrected chi connectivity index (χ4v) is 2.44. The number of carbonyl (C=O) groups is 2. The number of halogens is 2. The molecule has 0 saturated carbocycles. The van der Waals surface area contributed by atoms with Gasteiger partial charge in [-0.15, -0.1) is 0 Å². The largest absolute Gasteiger partial charge is 0.351 e. The highest BCUT2D eigenvalue weighted by Crippen LogP contribution is 2.16. The van der Waals surface area contributed by atoms with Gasteiger partial charge in [-0.3, -0.25) is 9.59 Å². The van der Waals surface area contributed by atoms with E-state index in [1.807, 2.05) is 36.4 Å². The zero-order valence-corrected chi connectivity index (χ0v) is 15.4. The third kappa shape index (κ3) is 6.75. The third-order valence-electron chi connectivity index (χ3n) is 3.36. The summed E-state index contributed by atoms with van der Waals surface area (Å²) in [4.78, 5) is 23.5. The van der Waals surface area contributed by atoms with E-state index in [1.54, 1.807) is 24.3 Å². The van der Waals surface area contributed by atoms with Gasteiger partial charge in [-0.05, 0) is 35.4 Å². The molecular formula is C20H18Cl2N2O2. The molecular weight excluding hydrogens is 371 g/mol. The topological polar surface area (TPSA) is 58.2 Å². The molecule has 6 heteroatoms. The Morgan fingerprint density at radius 1 is 0.731 bits per heavy atom. The number of hydrogen-bond donors (Lipinski definition) is 2. The Bertz CT molecular complexity index is 763. The first-order valence-electron chi connectivity index (χ1n) is 7.97. The van der Waals surface area contributed by atoms with Crippen LogP contribution >= 0.6 is 23.2 Å². The molecule has 2 aromatic carbocycles. The van der Waals surface area contributed by atoms with E-state index in [2.05, 4.69) is 10.6 Å². The summed E-state index contributed by atoms with van der Waals surface area (Å²) in [6, 6.07) is 14.5. The van der Waals surface area contributed by atoms with Crippen LogP contribution in [0.25, 0.3) is 12.2 Å². The van der Waals surface area contributed by atoms with Crippen molar-refractivity contribution >= 4 is 47.2 Å². The van der Waals surface area contributed by atoms with Gasteiger partial charge in [-0.1, -0.05) is 59.6 Å². The summed E-state index contributed by atoms with van der Waals surface area (Å²) in [5.41, 5.74) is 1.53. The van der Waals surface area contributed by atoms with Gasteiger partial charge in [0, 0.05) is 35.3 Å². The predicted octanol–water partition coefficient (Wildman–Crippen LogP) is 3.95. The molecule has 26 heavy (non-hydrogen) atoms. The van der Waals surface area contributed by atoms with Crippen molar-refractivity contribution in [2.75, 3.05) is 13.1 Å². The Kier molecular flexibility index (Phi) is 7.93. The average Bonchev–Trinajstić information content (AvgIpc) is 2.64. The summed E-state index contributed by atoms with van der Waals surface area (Å²) in [7, 11) is 0. The molecule has 2 amide bonds. The lowest BCUT2D eigenvalue weighted by molar-refractivity contribution is -0.118. The van der Waals surface area contributed by atoms with E-state index >= 15 is 0 Å². The number of carbonyl (C=O) groups excluding carboxylic acids is 2. The van der Waals surface area contributed by atoms with E-state index in [1.165, 1.54) is 12.2 Å². The second-order valence-electron chi connectivity index (χ2n) is 5.29. The maximum Gasteiger partial charge on any atom is 0.244 e. The van der Waals surface area contributed by atoms with Gasteiger partial charge in [0.2, 0.25) is 11.8 Å². The SMILES string of the molecule is O=C(/C=C/c1ccccc1Cl)NCCNC(=O)/C=C/c1ccccc1Cl. The zero-order valence-electron chi connectivity index (χ0n) is 13.9. The molecule has 0 radical (unpaired) electrons. The second kappa shape index (κ2) is 10.4. The van der Waals surface area contributed by atoms with E-state index in [9.17, 15) is 9.59 Å². The molecule has 0 aliphatic carbocycles. The Labute approximate surface area is 162 Å². The monoisotopic (exact) mass is 388 g/mol. The van der Waals surface area contributed by atoms with Gasteiger partial charge >= 0.3 is 0 Å². The van der Waals surface area contributed by atoms with Crippen molar-refractivity contribution in [1.82, 2.24) is 10.6 Å². The number of hydrogen-bond acceptors (Lipinski definition) is 2. The molecule has 134 valence electrons. The number of nitrogens with one attached hydrogen (secondary N) is 2. The summed E-state index contributed by atoms with van der Waals surface area (Å²) in [6.07, 6.45) is 6.09. The van der Waals surface area contributed by atoms with Crippen LogP contribution in [0.1, 0.15) is 11.1 Å². The van der Waals surface area contributed by atoms with Gasteiger partial charge in [0.05, 0.1) is 0 Å². The van der Waals surface area contributed by atoms with E-state index in [-0.39, 0.29) is 11.8 Å². The van der Waals surface area contributed by atoms with E-state index in [0.717, 1.165) is 11.1 Å². The first-order chi connectivity index (χ1) is 12.6. The van der Waals surface area contributed by atoms with Crippen LogP contribution in [-0.2, 0) is 9.59 Å². The van der Waals surface area contributed by atoms with Crippen molar-refractivity contribution < 1.29 is 9.59 Å². The molecule has 0 unspecified atom stereocenters. The lowest BCUT2D eigenvalue weighted by Gasteiger charge is -2.03. The number of amides is 2. The highest BCUT2D eigenvalue weighted by atomic mass is 35.5. The Morgan fingerprint density at radius 3 is 1.50 bits per heavy atom. The van der Waals surface area contributed by atoms with Gasteiger partial charge in [0.25, 0.3) is 0 Å². The lowest BCUT2D eigenvalue weighted by Crippen LogP contribution is -2.33.